The molecule has 0 aromatic rings. The summed E-state index contributed by atoms with van der Waals surface area (Å²) in [5, 5.41) is 0. The van der Waals surface area contributed by atoms with Crippen molar-refractivity contribution in [3.63, 3.8) is 0 Å². The van der Waals surface area contributed by atoms with Crippen molar-refractivity contribution in [2.24, 2.45) is 11.8 Å². The lowest BCUT2D eigenvalue weighted by Crippen LogP contribution is -2.30. The molecule has 0 spiro atoms. The van der Waals surface area contributed by atoms with E-state index in [4.69, 9.17) is 14.2 Å². The van der Waals surface area contributed by atoms with E-state index in [2.05, 4.69) is 34.6 Å². The number of hydrogen-bond acceptors (Lipinski definition) is 6. The summed E-state index contributed by atoms with van der Waals surface area (Å²) in [5.41, 5.74) is 0. The minimum absolute atomic E-state index is 0.0634. The molecule has 0 aromatic carbocycles. The fraction of sp³-hybridized carbons (Fsp3) is 0.945. The van der Waals surface area contributed by atoms with E-state index in [1.807, 2.05) is 0 Å². The first-order chi connectivity index (χ1) is 29.7. The second-order valence-corrected chi connectivity index (χ2v) is 19.8. The van der Waals surface area contributed by atoms with Gasteiger partial charge in [-0.3, -0.25) is 14.4 Å². The van der Waals surface area contributed by atoms with Gasteiger partial charge in [-0.15, -0.1) is 0 Å². The van der Waals surface area contributed by atoms with Crippen LogP contribution >= 0.6 is 0 Å². The number of unbranched alkanes of at least 4 members (excludes halogenated alkanes) is 34. The Morgan fingerprint density at radius 2 is 0.541 bits per heavy atom. The van der Waals surface area contributed by atoms with Crippen LogP contribution in [0, 0.1) is 11.8 Å². The largest absolute Gasteiger partial charge is 0.462 e. The topological polar surface area (TPSA) is 78.9 Å². The second kappa shape index (κ2) is 47.9. The predicted molar refractivity (Wildman–Crippen MR) is 261 cm³/mol. The summed E-state index contributed by atoms with van der Waals surface area (Å²) in [7, 11) is 0. The first-order valence-corrected chi connectivity index (χ1v) is 27.2. The molecule has 362 valence electrons. The molecule has 1 atom stereocenters. The summed E-state index contributed by atoms with van der Waals surface area (Å²) in [6, 6.07) is 0. The lowest BCUT2D eigenvalue weighted by molar-refractivity contribution is -0.167. The Hall–Kier alpha value is -1.59. The molecule has 0 fully saturated rings. The fourth-order valence-electron chi connectivity index (χ4n) is 8.34. The zero-order chi connectivity index (χ0) is 44.7. The molecule has 0 aliphatic carbocycles. The van der Waals surface area contributed by atoms with Gasteiger partial charge in [0.15, 0.2) is 6.10 Å². The van der Waals surface area contributed by atoms with E-state index in [1.54, 1.807) is 0 Å². The molecule has 0 saturated carbocycles. The van der Waals surface area contributed by atoms with Crippen molar-refractivity contribution in [3.8, 4) is 0 Å². The van der Waals surface area contributed by atoms with E-state index >= 15 is 0 Å². The minimum Gasteiger partial charge on any atom is -0.462 e. The van der Waals surface area contributed by atoms with Crippen molar-refractivity contribution in [2.75, 3.05) is 13.2 Å². The SMILES string of the molecule is CCCCCCCCCCCCCCC(=O)OC[C@H](COC(=O)CCCCCCCCCCCCCCCCCCC(C)C)OC(=O)CCCCCCCCCCCC(C)C. The summed E-state index contributed by atoms with van der Waals surface area (Å²) in [6.07, 6.45) is 49.5. The molecular formula is C55H106O6. The Labute approximate surface area is 380 Å². The molecule has 0 aromatic heterocycles. The van der Waals surface area contributed by atoms with Gasteiger partial charge in [-0.25, -0.2) is 0 Å². The van der Waals surface area contributed by atoms with Crippen molar-refractivity contribution in [3.05, 3.63) is 0 Å². The molecule has 0 amide bonds. The van der Waals surface area contributed by atoms with Gasteiger partial charge in [0.1, 0.15) is 13.2 Å². The van der Waals surface area contributed by atoms with Gasteiger partial charge in [0.05, 0.1) is 0 Å². The van der Waals surface area contributed by atoms with Gasteiger partial charge < -0.3 is 14.2 Å². The van der Waals surface area contributed by atoms with Crippen molar-refractivity contribution >= 4 is 17.9 Å². The molecule has 0 aliphatic heterocycles. The Bertz CT molecular complexity index is 931. The summed E-state index contributed by atoms with van der Waals surface area (Å²) < 4.78 is 16.8. The standard InChI is InChI=1S/C55H106O6/c1-6-7-8-9-10-11-12-20-25-30-35-40-45-53(56)59-48-52(61-55(58)47-42-37-32-27-22-24-29-34-39-44-51(4)5)49-60-54(57)46-41-36-31-26-21-18-16-14-13-15-17-19-23-28-33-38-43-50(2)3/h50-52H,6-49H2,1-5H3/t52-/m1/s1. The molecule has 0 saturated heterocycles. The smallest absolute Gasteiger partial charge is 0.306 e. The maximum Gasteiger partial charge on any atom is 0.306 e. The Balaban J connectivity index is 4.25. The lowest BCUT2D eigenvalue weighted by Gasteiger charge is -2.18. The molecule has 0 N–H and O–H groups in total. The van der Waals surface area contributed by atoms with Crippen LogP contribution in [0.5, 0.6) is 0 Å². The van der Waals surface area contributed by atoms with E-state index in [9.17, 15) is 14.4 Å². The highest BCUT2D eigenvalue weighted by Gasteiger charge is 2.19. The summed E-state index contributed by atoms with van der Waals surface area (Å²) in [6.45, 7) is 11.4. The van der Waals surface area contributed by atoms with Crippen molar-refractivity contribution in [2.45, 2.75) is 310 Å². The van der Waals surface area contributed by atoms with Gasteiger partial charge in [-0.2, -0.15) is 0 Å². The molecular weight excluding hydrogens is 757 g/mol. The zero-order valence-corrected chi connectivity index (χ0v) is 41.8. The van der Waals surface area contributed by atoms with Crippen molar-refractivity contribution in [1.82, 2.24) is 0 Å². The average Bonchev–Trinajstić information content (AvgIpc) is 3.23. The van der Waals surface area contributed by atoms with Gasteiger partial charge in [0.25, 0.3) is 0 Å². The summed E-state index contributed by atoms with van der Waals surface area (Å²) in [4.78, 5) is 38.0. The van der Waals surface area contributed by atoms with Crippen LogP contribution in [0.15, 0.2) is 0 Å². The van der Waals surface area contributed by atoms with Crippen LogP contribution in [0.1, 0.15) is 304 Å². The summed E-state index contributed by atoms with van der Waals surface area (Å²) in [5.74, 6) is 0.813. The normalized spacial score (nSPS) is 12.0. The number of carbonyl (C=O) groups is 3. The van der Waals surface area contributed by atoms with Gasteiger partial charge in [-0.1, -0.05) is 266 Å². The molecule has 0 unspecified atom stereocenters. The number of rotatable bonds is 49. The third-order valence-electron chi connectivity index (χ3n) is 12.5. The third-order valence-corrected chi connectivity index (χ3v) is 12.5. The Morgan fingerprint density at radius 1 is 0.311 bits per heavy atom. The Kier molecular flexibility index (Phi) is 46.6. The Morgan fingerprint density at radius 3 is 0.803 bits per heavy atom. The fourth-order valence-corrected chi connectivity index (χ4v) is 8.34. The van der Waals surface area contributed by atoms with Crippen LogP contribution in [0.2, 0.25) is 0 Å². The maximum absolute atomic E-state index is 12.8. The van der Waals surface area contributed by atoms with E-state index in [0.717, 1.165) is 69.6 Å². The highest BCUT2D eigenvalue weighted by molar-refractivity contribution is 5.71. The molecule has 0 bridgehead atoms. The first-order valence-electron chi connectivity index (χ1n) is 27.2. The number of carbonyl (C=O) groups excluding carboxylic acids is 3. The van der Waals surface area contributed by atoms with Crippen LogP contribution in [0.4, 0.5) is 0 Å². The highest BCUT2D eigenvalue weighted by atomic mass is 16.6. The predicted octanol–water partition coefficient (Wildman–Crippen LogP) is 17.7. The van der Waals surface area contributed by atoms with Crippen LogP contribution < -0.4 is 0 Å². The van der Waals surface area contributed by atoms with Crippen molar-refractivity contribution in [1.29, 1.82) is 0 Å². The average molecular weight is 863 g/mol. The molecule has 6 nitrogen and oxygen atoms in total. The minimum atomic E-state index is -0.762. The maximum atomic E-state index is 12.8. The van der Waals surface area contributed by atoms with Crippen LogP contribution in [-0.4, -0.2) is 37.2 Å². The van der Waals surface area contributed by atoms with E-state index in [1.165, 1.54) is 193 Å². The van der Waals surface area contributed by atoms with Gasteiger partial charge in [0, 0.05) is 19.3 Å². The first kappa shape index (κ1) is 59.4. The second-order valence-electron chi connectivity index (χ2n) is 19.8. The monoisotopic (exact) mass is 863 g/mol. The van der Waals surface area contributed by atoms with E-state index in [-0.39, 0.29) is 31.1 Å². The quantitative estimate of drug-likeness (QED) is 0.0344. The van der Waals surface area contributed by atoms with Crippen LogP contribution in [0.3, 0.4) is 0 Å². The number of ether oxygens (including phenoxy) is 3. The van der Waals surface area contributed by atoms with Crippen molar-refractivity contribution < 1.29 is 28.6 Å². The molecule has 6 heteroatoms. The third kappa shape index (κ3) is 49.3. The summed E-state index contributed by atoms with van der Waals surface area (Å²) >= 11 is 0. The van der Waals surface area contributed by atoms with Crippen LogP contribution in [0.25, 0.3) is 0 Å². The molecule has 0 rings (SSSR count). The van der Waals surface area contributed by atoms with E-state index in [0.29, 0.717) is 19.3 Å². The molecule has 0 radical (unpaired) electrons. The lowest BCUT2D eigenvalue weighted by atomic mass is 10.0. The van der Waals surface area contributed by atoms with Gasteiger partial charge in [0.2, 0.25) is 0 Å². The molecule has 61 heavy (non-hydrogen) atoms. The molecule has 0 heterocycles. The molecule has 0 aliphatic rings. The number of esters is 3. The van der Waals surface area contributed by atoms with E-state index < -0.39 is 6.10 Å². The highest BCUT2D eigenvalue weighted by Crippen LogP contribution is 2.18. The van der Waals surface area contributed by atoms with Gasteiger partial charge in [-0.05, 0) is 31.1 Å². The van der Waals surface area contributed by atoms with Gasteiger partial charge >= 0.3 is 17.9 Å². The van der Waals surface area contributed by atoms with Crippen LogP contribution in [-0.2, 0) is 28.6 Å². The zero-order valence-electron chi connectivity index (χ0n) is 41.8. The number of hydrogen-bond donors (Lipinski definition) is 0.